The Morgan fingerprint density at radius 1 is 1.10 bits per heavy atom. The zero-order valence-corrected chi connectivity index (χ0v) is 17.8. The highest BCUT2D eigenvalue weighted by atomic mass is 16.6. The predicted molar refractivity (Wildman–Crippen MR) is 111 cm³/mol. The normalized spacial score (nSPS) is 13.5. The Morgan fingerprint density at radius 2 is 1.73 bits per heavy atom. The fourth-order valence-electron chi connectivity index (χ4n) is 2.90. The number of hydrogen-bond acceptors (Lipinski definition) is 6. The van der Waals surface area contributed by atoms with Crippen LogP contribution in [0.1, 0.15) is 41.6 Å². The molecule has 164 valence electrons. The van der Waals surface area contributed by atoms with Crippen molar-refractivity contribution < 1.29 is 24.2 Å². The third-order valence-electron chi connectivity index (χ3n) is 4.25. The molecule has 1 aromatic heterocycles. The first kappa shape index (κ1) is 23.5. The van der Waals surface area contributed by atoms with Crippen LogP contribution in [0.15, 0.2) is 42.6 Å². The van der Waals surface area contributed by atoms with Gasteiger partial charge in [0.25, 0.3) is 11.8 Å². The minimum atomic E-state index is -1.45. The molecule has 0 bridgehead atoms. The summed E-state index contributed by atoms with van der Waals surface area (Å²) in [5.41, 5.74) is 0.916. The van der Waals surface area contributed by atoms with Crippen molar-refractivity contribution in [3.05, 3.63) is 53.9 Å². The average molecular weight is 418 g/mol. The molecule has 2 amide bonds. The van der Waals surface area contributed by atoms with E-state index >= 15 is 0 Å². The van der Waals surface area contributed by atoms with E-state index in [-0.39, 0.29) is 24.9 Å². The maximum absolute atomic E-state index is 12.4. The SMILES string of the molecule is CCOC(CNC(=O)c1ccnn1C)C(CNC(=O)c1ccccc1)OC(C)(C)O. The number of carbonyl (C=O) groups is 2. The number of aromatic nitrogens is 2. The Balaban J connectivity index is 2.06. The molecule has 30 heavy (non-hydrogen) atoms. The fraction of sp³-hybridized carbons (Fsp3) is 0.476. The van der Waals surface area contributed by atoms with Crippen molar-refractivity contribution >= 4 is 11.8 Å². The molecular formula is C21H30N4O5. The summed E-state index contributed by atoms with van der Waals surface area (Å²) in [6, 6.07) is 10.4. The average Bonchev–Trinajstić information content (AvgIpc) is 3.13. The molecule has 2 unspecified atom stereocenters. The van der Waals surface area contributed by atoms with Gasteiger partial charge in [-0.1, -0.05) is 18.2 Å². The van der Waals surface area contributed by atoms with Gasteiger partial charge in [-0.2, -0.15) is 5.10 Å². The van der Waals surface area contributed by atoms with Crippen molar-refractivity contribution in [3.63, 3.8) is 0 Å². The molecule has 3 N–H and O–H groups in total. The smallest absolute Gasteiger partial charge is 0.269 e. The third-order valence-corrected chi connectivity index (χ3v) is 4.25. The van der Waals surface area contributed by atoms with Crippen molar-refractivity contribution in [2.75, 3.05) is 19.7 Å². The summed E-state index contributed by atoms with van der Waals surface area (Å²) in [6.45, 7) is 5.39. The van der Waals surface area contributed by atoms with Crippen molar-refractivity contribution in [3.8, 4) is 0 Å². The summed E-state index contributed by atoms with van der Waals surface area (Å²) >= 11 is 0. The summed E-state index contributed by atoms with van der Waals surface area (Å²) in [7, 11) is 1.67. The van der Waals surface area contributed by atoms with Gasteiger partial charge in [-0.05, 0) is 39.0 Å². The number of aryl methyl sites for hydroxylation is 1. The largest absolute Gasteiger partial charge is 0.374 e. The van der Waals surface area contributed by atoms with Gasteiger partial charge in [0.2, 0.25) is 0 Å². The van der Waals surface area contributed by atoms with Gasteiger partial charge in [0.15, 0.2) is 5.79 Å². The Morgan fingerprint density at radius 3 is 2.30 bits per heavy atom. The van der Waals surface area contributed by atoms with Crippen LogP contribution in [0, 0.1) is 0 Å². The molecule has 0 spiro atoms. The maximum Gasteiger partial charge on any atom is 0.269 e. The highest BCUT2D eigenvalue weighted by molar-refractivity contribution is 5.94. The number of nitrogens with zero attached hydrogens (tertiary/aromatic N) is 2. The number of benzene rings is 1. The molecule has 1 heterocycles. The summed E-state index contributed by atoms with van der Waals surface area (Å²) < 4.78 is 13.0. The van der Waals surface area contributed by atoms with Crippen molar-refractivity contribution in [2.24, 2.45) is 7.05 Å². The van der Waals surface area contributed by atoms with Crippen LogP contribution in [-0.4, -0.2) is 64.4 Å². The van der Waals surface area contributed by atoms with Gasteiger partial charge in [-0.15, -0.1) is 0 Å². The molecule has 9 nitrogen and oxygen atoms in total. The standard InChI is InChI=1S/C21H30N4O5/c1-5-29-17(13-23-20(27)16-11-12-24-25(16)4)18(30-21(2,3)28)14-22-19(26)15-9-7-6-8-10-15/h6-12,17-18,28H,5,13-14H2,1-4H3,(H,22,26)(H,23,27). The van der Waals surface area contributed by atoms with Gasteiger partial charge in [0.05, 0.1) is 0 Å². The summed E-state index contributed by atoms with van der Waals surface area (Å²) in [6.07, 6.45) is 0.230. The van der Waals surface area contributed by atoms with Crippen LogP contribution in [0.5, 0.6) is 0 Å². The molecule has 2 rings (SSSR count). The lowest BCUT2D eigenvalue weighted by atomic mass is 10.1. The first-order chi connectivity index (χ1) is 14.2. The molecule has 2 aromatic rings. The monoisotopic (exact) mass is 418 g/mol. The molecule has 9 heteroatoms. The van der Waals surface area contributed by atoms with Gasteiger partial charge in [0, 0.05) is 38.5 Å². The lowest BCUT2D eigenvalue weighted by molar-refractivity contribution is -0.227. The summed E-state index contributed by atoms with van der Waals surface area (Å²) in [5.74, 6) is -2.03. The van der Waals surface area contributed by atoms with E-state index < -0.39 is 18.0 Å². The molecule has 0 fully saturated rings. The Hall–Kier alpha value is -2.75. The third kappa shape index (κ3) is 7.25. The molecule has 0 saturated heterocycles. The number of aliphatic hydroxyl groups is 1. The molecule has 0 aliphatic carbocycles. The number of ether oxygens (including phenoxy) is 2. The van der Waals surface area contributed by atoms with Crippen LogP contribution in [0.25, 0.3) is 0 Å². The second-order valence-corrected chi connectivity index (χ2v) is 7.22. The molecule has 2 atom stereocenters. The van der Waals surface area contributed by atoms with Gasteiger partial charge in [-0.25, -0.2) is 0 Å². The Labute approximate surface area is 176 Å². The van der Waals surface area contributed by atoms with Crippen LogP contribution in [0.3, 0.4) is 0 Å². The molecule has 0 saturated carbocycles. The van der Waals surface area contributed by atoms with Gasteiger partial charge in [-0.3, -0.25) is 14.3 Å². The van der Waals surface area contributed by atoms with Gasteiger partial charge in [0.1, 0.15) is 17.9 Å². The number of rotatable bonds is 11. The van der Waals surface area contributed by atoms with Crippen LogP contribution in [0.2, 0.25) is 0 Å². The second kappa shape index (κ2) is 10.9. The zero-order chi connectivity index (χ0) is 22.1. The minimum Gasteiger partial charge on any atom is -0.374 e. The van der Waals surface area contributed by atoms with E-state index in [1.807, 2.05) is 13.0 Å². The first-order valence-electron chi connectivity index (χ1n) is 9.82. The lowest BCUT2D eigenvalue weighted by Crippen LogP contribution is -2.50. The lowest BCUT2D eigenvalue weighted by Gasteiger charge is -2.32. The van der Waals surface area contributed by atoms with E-state index in [2.05, 4.69) is 15.7 Å². The van der Waals surface area contributed by atoms with Crippen LogP contribution >= 0.6 is 0 Å². The van der Waals surface area contributed by atoms with Crippen LogP contribution < -0.4 is 10.6 Å². The second-order valence-electron chi connectivity index (χ2n) is 7.22. The number of hydrogen-bond donors (Lipinski definition) is 3. The van der Waals surface area contributed by atoms with Crippen molar-refractivity contribution in [1.82, 2.24) is 20.4 Å². The molecular weight excluding hydrogens is 388 g/mol. The fourth-order valence-corrected chi connectivity index (χ4v) is 2.90. The predicted octanol–water partition coefficient (Wildman–Crippen LogP) is 1.10. The number of amides is 2. The molecule has 0 radical (unpaired) electrons. The van der Waals surface area contributed by atoms with Gasteiger partial charge < -0.3 is 25.2 Å². The Kier molecular flexibility index (Phi) is 8.52. The Bertz CT molecular complexity index is 816. The molecule has 1 aromatic carbocycles. The molecule has 0 aliphatic heterocycles. The van der Waals surface area contributed by atoms with E-state index in [1.54, 1.807) is 37.4 Å². The number of carbonyl (C=O) groups excluding carboxylic acids is 2. The molecule has 0 aliphatic rings. The topological polar surface area (TPSA) is 115 Å². The van der Waals surface area contributed by atoms with E-state index in [0.717, 1.165) is 0 Å². The van der Waals surface area contributed by atoms with E-state index in [0.29, 0.717) is 17.9 Å². The van der Waals surface area contributed by atoms with Crippen LogP contribution in [-0.2, 0) is 16.5 Å². The first-order valence-corrected chi connectivity index (χ1v) is 9.82. The van der Waals surface area contributed by atoms with Gasteiger partial charge >= 0.3 is 0 Å². The maximum atomic E-state index is 12.4. The van der Waals surface area contributed by atoms with E-state index in [4.69, 9.17) is 9.47 Å². The number of nitrogens with one attached hydrogen (secondary N) is 2. The highest BCUT2D eigenvalue weighted by Crippen LogP contribution is 2.14. The van der Waals surface area contributed by atoms with Crippen molar-refractivity contribution in [1.29, 1.82) is 0 Å². The minimum absolute atomic E-state index is 0.0873. The highest BCUT2D eigenvalue weighted by Gasteiger charge is 2.30. The van der Waals surface area contributed by atoms with Crippen molar-refractivity contribution in [2.45, 2.75) is 38.8 Å². The summed E-state index contributed by atoms with van der Waals surface area (Å²) in [4.78, 5) is 24.8. The summed E-state index contributed by atoms with van der Waals surface area (Å²) in [5, 5.41) is 19.7. The van der Waals surface area contributed by atoms with E-state index in [9.17, 15) is 14.7 Å². The van der Waals surface area contributed by atoms with Crippen LogP contribution in [0.4, 0.5) is 0 Å². The quantitative estimate of drug-likeness (QED) is 0.471. The zero-order valence-electron chi connectivity index (χ0n) is 17.8. The van der Waals surface area contributed by atoms with E-state index in [1.165, 1.54) is 24.7 Å².